The van der Waals surface area contributed by atoms with Crippen molar-refractivity contribution in [3.05, 3.63) is 29.3 Å². The highest BCUT2D eigenvalue weighted by Gasteiger charge is 2.05. The summed E-state index contributed by atoms with van der Waals surface area (Å²) in [6, 6.07) is 4.82. The van der Waals surface area contributed by atoms with Crippen LogP contribution in [0.15, 0.2) is 18.2 Å². The number of carboxylic acids is 1. The number of hydrogen-bond donors (Lipinski definition) is 1. The molecule has 0 saturated carbocycles. The van der Waals surface area contributed by atoms with Crippen LogP contribution in [0.4, 0.5) is 0 Å². The molecular weight excluding hydrogens is 204 g/mol. The quantitative estimate of drug-likeness (QED) is 0.623. The molecule has 0 aromatic heterocycles. The van der Waals surface area contributed by atoms with Crippen molar-refractivity contribution in [1.29, 1.82) is 0 Å². The molecule has 3 nitrogen and oxygen atoms in total. The number of carboxylic acid groups (broad SMARTS) is 1. The van der Waals surface area contributed by atoms with Gasteiger partial charge in [-0.3, -0.25) is 0 Å². The average molecular weight is 218 g/mol. The summed E-state index contributed by atoms with van der Waals surface area (Å²) in [6.45, 7) is 4.13. The minimum absolute atomic E-state index is 0.276. The van der Waals surface area contributed by atoms with Crippen LogP contribution in [0.5, 0.6) is 5.75 Å². The minimum Gasteiger partial charge on any atom is -0.492 e. The summed E-state index contributed by atoms with van der Waals surface area (Å²) < 4.78 is 5.48. The Bertz CT molecular complexity index is 438. The van der Waals surface area contributed by atoms with Gasteiger partial charge in [0.1, 0.15) is 5.75 Å². The third kappa shape index (κ3) is 3.32. The van der Waals surface area contributed by atoms with Crippen molar-refractivity contribution in [2.75, 3.05) is 6.61 Å². The van der Waals surface area contributed by atoms with E-state index in [1.807, 2.05) is 6.92 Å². The van der Waals surface area contributed by atoms with Gasteiger partial charge < -0.3 is 9.84 Å². The van der Waals surface area contributed by atoms with Crippen LogP contribution in [0.3, 0.4) is 0 Å². The lowest BCUT2D eigenvalue weighted by Gasteiger charge is -2.07. The van der Waals surface area contributed by atoms with E-state index in [0.717, 1.165) is 5.56 Å². The van der Waals surface area contributed by atoms with E-state index in [4.69, 9.17) is 9.84 Å². The Balaban J connectivity index is 2.67. The Morgan fingerprint density at radius 1 is 1.50 bits per heavy atom. The van der Waals surface area contributed by atoms with Crippen LogP contribution in [0.2, 0.25) is 0 Å². The zero-order valence-corrected chi connectivity index (χ0v) is 9.41. The lowest BCUT2D eigenvalue weighted by atomic mass is 10.1. The van der Waals surface area contributed by atoms with E-state index in [1.165, 1.54) is 6.07 Å². The van der Waals surface area contributed by atoms with E-state index in [-0.39, 0.29) is 5.56 Å². The number of rotatable bonds is 4. The first-order valence-electron chi connectivity index (χ1n) is 5.01. The molecule has 0 aliphatic carbocycles. The van der Waals surface area contributed by atoms with E-state index in [9.17, 15) is 4.79 Å². The molecule has 3 heteroatoms. The predicted molar refractivity (Wildman–Crippen MR) is 61.7 cm³/mol. The molecule has 0 atom stereocenters. The second kappa shape index (κ2) is 5.82. The van der Waals surface area contributed by atoms with E-state index in [0.29, 0.717) is 18.8 Å². The average Bonchev–Trinajstić information content (AvgIpc) is 2.26. The molecule has 0 bridgehead atoms. The van der Waals surface area contributed by atoms with Crippen molar-refractivity contribution in [2.45, 2.75) is 20.3 Å². The maximum absolute atomic E-state index is 10.7. The second-order valence-electron chi connectivity index (χ2n) is 3.31. The van der Waals surface area contributed by atoms with Gasteiger partial charge in [-0.15, -0.1) is 11.8 Å². The third-order valence-electron chi connectivity index (χ3n) is 2.08. The first-order chi connectivity index (χ1) is 7.65. The molecule has 0 saturated heterocycles. The summed E-state index contributed by atoms with van der Waals surface area (Å²) in [5, 5.41) is 8.79. The molecule has 0 aliphatic heterocycles. The molecule has 0 amide bonds. The Hall–Kier alpha value is -1.95. The largest absolute Gasteiger partial charge is 0.492 e. The summed E-state index contributed by atoms with van der Waals surface area (Å²) in [4.78, 5) is 10.7. The topological polar surface area (TPSA) is 46.5 Å². The number of hydrogen-bond acceptors (Lipinski definition) is 2. The fourth-order valence-electron chi connectivity index (χ4n) is 1.28. The fraction of sp³-hybridized carbons (Fsp3) is 0.308. The number of aromatic carboxylic acids is 1. The molecule has 0 fully saturated rings. The maximum atomic E-state index is 10.7. The van der Waals surface area contributed by atoms with Crippen LogP contribution in [0.1, 0.15) is 29.3 Å². The predicted octanol–water partition coefficient (Wildman–Crippen LogP) is 2.49. The zero-order chi connectivity index (χ0) is 12.0. The molecule has 1 rings (SSSR count). The van der Waals surface area contributed by atoms with E-state index in [2.05, 4.69) is 11.8 Å². The lowest BCUT2D eigenvalue weighted by molar-refractivity contribution is 0.0696. The summed E-state index contributed by atoms with van der Waals surface area (Å²) in [7, 11) is 0. The van der Waals surface area contributed by atoms with Gasteiger partial charge in [-0.05, 0) is 37.6 Å². The standard InChI is InChI=1S/C13H14O3/c1-3-4-5-8-16-12-7-6-11(13(14)15)9-10(12)2/h6-7,9H,5,8H2,1-2H3,(H,14,15). The third-order valence-corrected chi connectivity index (χ3v) is 2.08. The van der Waals surface area contributed by atoms with Crippen molar-refractivity contribution >= 4 is 5.97 Å². The molecule has 1 aromatic carbocycles. The normalized spacial score (nSPS) is 9.12. The highest BCUT2D eigenvalue weighted by atomic mass is 16.5. The van der Waals surface area contributed by atoms with Crippen molar-refractivity contribution in [1.82, 2.24) is 0 Å². The Labute approximate surface area is 95.1 Å². The van der Waals surface area contributed by atoms with Crippen LogP contribution < -0.4 is 4.74 Å². The van der Waals surface area contributed by atoms with Gasteiger partial charge in [0.2, 0.25) is 0 Å². The van der Waals surface area contributed by atoms with Gasteiger partial charge >= 0.3 is 5.97 Å². The van der Waals surface area contributed by atoms with Crippen LogP contribution in [0, 0.1) is 18.8 Å². The lowest BCUT2D eigenvalue weighted by Crippen LogP contribution is -2.00. The van der Waals surface area contributed by atoms with E-state index >= 15 is 0 Å². The SMILES string of the molecule is CC#CCCOc1ccc(C(=O)O)cc1C. The number of benzene rings is 1. The van der Waals surface area contributed by atoms with Crippen LogP contribution in [-0.4, -0.2) is 17.7 Å². The Morgan fingerprint density at radius 3 is 2.81 bits per heavy atom. The monoisotopic (exact) mass is 218 g/mol. The zero-order valence-electron chi connectivity index (χ0n) is 9.41. The molecular formula is C13H14O3. The van der Waals surface area contributed by atoms with Gasteiger partial charge in [-0.25, -0.2) is 4.79 Å². The van der Waals surface area contributed by atoms with Crippen molar-refractivity contribution < 1.29 is 14.6 Å². The Kier molecular flexibility index (Phi) is 4.41. The van der Waals surface area contributed by atoms with Crippen LogP contribution in [0.25, 0.3) is 0 Å². The van der Waals surface area contributed by atoms with Crippen molar-refractivity contribution in [2.24, 2.45) is 0 Å². The van der Waals surface area contributed by atoms with Crippen molar-refractivity contribution in [3.8, 4) is 17.6 Å². The molecule has 84 valence electrons. The van der Waals surface area contributed by atoms with Crippen LogP contribution >= 0.6 is 0 Å². The Morgan fingerprint density at radius 2 is 2.25 bits per heavy atom. The fourth-order valence-corrected chi connectivity index (χ4v) is 1.28. The summed E-state index contributed by atoms with van der Waals surface area (Å²) in [5.74, 6) is 5.47. The summed E-state index contributed by atoms with van der Waals surface area (Å²) in [5.41, 5.74) is 1.10. The van der Waals surface area contributed by atoms with Crippen molar-refractivity contribution in [3.63, 3.8) is 0 Å². The van der Waals surface area contributed by atoms with Gasteiger partial charge in [0.15, 0.2) is 0 Å². The smallest absolute Gasteiger partial charge is 0.335 e. The highest BCUT2D eigenvalue weighted by molar-refractivity contribution is 5.88. The highest BCUT2D eigenvalue weighted by Crippen LogP contribution is 2.19. The number of carbonyl (C=O) groups is 1. The van der Waals surface area contributed by atoms with Gasteiger partial charge in [-0.2, -0.15) is 0 Å². The van der Waals surface area contributed by atoms with Gasteiger partial charge in [-0.1, -0.05) is 0 Å². The van der Waals surface area contributed by atoms with Crippen LogP contribution in [-0.2, 0) is 0 Å². The summed E-state index contributed by atoms with van der Waals surface area (Å²) in [6.07, 6.45) is 0.677. The molecule has 16 heavy (non-hydrogen) atoms. The molecule has 0 aliphatic rings. The first kappa shape index (κ1) is 12.1. The summed E-state index contributed by atoms with van der Waals surface area (Å²) >= 11 is 0. The van der Waals surface area contributed by atoms with E-state index in [1.54, 1.807) is 19.1 Å². The first-order valence-corrected chi connectivity index (χ1v) is 5.01. The molecule has 0 heterocycles. The maximum Gasteiger partial charge on any atom is 0.335 e. The van der Waals surface area contributed by atoms with E-state index < -0.39 is 5.97 Å². The van der Waals surface area contributed by atoms with Gasteiger partial charge in [0.25, 0.3) is 0 Å². The molecule has 1 N–H and O–H groups in total. The molecule has 0 spiro atoms. The molecule has 0 radical (unpaired) electrons. The van der Waals surface area contributed by atoms with Gasteiger partial charge in [0.05, 0.1) is 12.2 Å². The minimum atomic E-state index is -0.925. The molecule has 1 aromatic rings. The number of ether oxygens (including phenoxy) is 1. The van der Waals surface area contributed by atoms with Gasteiger partial charge in [0, 0.05) is 6.42 Å². The second-order valence-corrected chi connectivity index (χ2v) is 3.31. The molecule has 0 unspecified atom stereocenters. The number of aryl methyl sites for hydroxylation is 1.